The summed E-state index contributed by atoms with van der Waals surface area (Å²) in [5.41, 5.74) is 0. The maximum atomic E-state index is 12.1. The molecule has 0 bridgehead atoms. The van der Waals surface area contributed by atoms with Crippen molar-refractivity contribution >= 4 is 27.3 Å². The minimum absolute atomic E-state index is 0.0855. The minimum Gasteiger partial charge on any atom is -0.348 e. The van der Waals surface area contributed by atoms with Crippen molar-refractivity contribution in [1.82, 2.24) is 30.2 Å². The van der Waals surface area contributed by atoms with E-state index in [2.05, 4.69) is 25.9 Å². The molecule has 2 N–H and O–H groups in total. The number of nitrogens with zero attached hydrogens (tertiary/aromatic N) is 4. The van der Waals surface area contributed by atoms with E-state index < -0.39 is 15.9 Å². The van der Waals surface area contributed by atoms with Crippen LogP contribution in [0.5, 0.6) is 0 Å². The smallest absolute Gasteiger partial charge is 0.252 e. The number of H-pyrrole nitrogens is 1. The Labute approximate surface area is 119 Å². The molecule has 0 aliphatic heterocycles. The summed E-state index contributed by atoms with van der Waals surface area (Å²) in [5, 5.41) is 17.1. The number of aromatic amines is 1. The molecule has 2 aromatic rings. The Morgan fingerprint density at radius 2 is 2.35 bits per heavy atom. The van der Waals surface area contributed by atoms with Crippen LogP contribution >= 0.6 is 11.3 Å². The number of nitrogens with one attached hydrogen (secondary N) is 2. The lowest BCUT2D eigenvalue weighted by Gasteiger charge is -2.15. The van der Waals surface area contributed by atoms with Gasteiger partial charge in [-0.2, -0.15) is 9.52 Å². The Kier molecular flexibility index (Phi) is 4.42. The predicted molar refractivity (Wildman–Crippen MR) is 70.2 cm³/mol. The molecule has 1 amide bonds. The number of amides is 1. The van der Waals surface area contributed by atoms with E-state index in [4.69, 9.17) is 0 Å². The predicted octanol–water partition coefficient (Wildman–Crippen LogP) is -0.802. The van der Waals surface area contributed by atoms with Crippen LogP contribution in [0.4, 0.5) is 0 Å². The van der Waals surface area contributed by atoms with E-state index in [0.717, 1.165) is 15.6 Å². The molecule has 0 fully saturated rings. The molecule has 108 valence electrons. The molecule has 0 atom stereocenters. The third kappa shape index (κ3) is 3.37. The van der Waals surface area contributed by atoms with Gasteiger partial charge in [-0.3, -0.25) is 4.79 Å². The largest absolute Gasteiger partial charge is 0.348 e. The number of carbonyl (C=O) groups is 1. The number of thiophene rings is 1. The number of aromatic nitrogens is 4. The molecule has 0 saturated carbocycles. The van der Waals surface area contributed by atoms with E-state index in [1.54, 1.807) is 11.4 Å². The molecule has 0 spiro atoms. The molecule has 11 heteroatoms. The van der Waals surface area contributed by atoms with Gasteiger partial charge in [0.15, 0.2) is 5.82 Å². The van der Waals surface area contributed by atoms with Crippen molar-refractivity contribution in [2.75, 3.05) is 13.6 Å². The summed E-state index contributed by atoms with van der Waals surface area (Å²) in [4.78, 5) is 11.7. The molecule has 0 unspecified atom stereocenters. The Balaban J connectivity index is 1.91. The molecule has 9 nitrogen and oxygen atoms in total. The van der Waals surface area contributed by atoms with Gasteiger partial charge in [0, 0.05) is 7.05 Å². The Hall–Kier alpha value is -1.85. The number of sulfonamides is 1. The third-order valence-corrected chi connectivity index (χ3v) is 5.54. The van der Waals surface area contributed by atoms with Crippen LogP contribution < -0.4 is 5.32 Å². The van der Waals surface area contributed by atoms with E-state index in [9.17, 15) is 13.2 Å². The van der Waals surface area contributed by atoms with Gasteiger partial charge >= 0.3 is 0 Å². The van der Waals surface area contributed by atoms with Crippen LogP contribution in [0.2, 0.25) is 0 Å². The van der Waals surface area contributed by atoms with Gasteiger partial charge in [0.1, 0.15) is 4.21 Å². The van der Waals surface area contributed by atoms with E-state index in [-0.39, 0.29) is 17.3 Å². The van der Waals surface area contributed by atoms with Crippen molar-refractivity contribution in [2.24, 2.45) is 0 Å². The van der Waals surface area contributed by atoms with Crippen LogP contribution in [0.1, 0.15) is 5.82 Å². The lowest BCUT2D eigenvalue weighted by molar-refractivity contribution is -0.121. The Bertz CT molecular complexity index is 652. The Morgan fingerprint density at radius 3 is 2.95 bits per heavy atom. The minimum atomic E-state index is -3.62. The second kappa shape index (κ2) is 6.07. The fourth-order valence-electron chi connectivity index (χ4n) is 1.34. The van der Waals surface area contributed by atoms with Crippen molar-refractivity contribution in [3.8, 4) is 0 Å². The summed E-state index contributed by atoms with van der Waals surface area (Å²) in [6, 6.07) is 3.13. The first-order valence-electron chi connectivity index (χ1n) is 5.49. The van der Waals surface area contributed by atoms with Gasteiger partial charge in [0.25, 0.3) is 10.0 Å². The van der Waals surface area contributed by atoms with E-state index in [0.29, 0.717) is 5.82 Å². The van der Waals surface area contributed by atoms with Gasteiger partial charge in [-0.25, -0.2) is 8.42 Å². The highest BCUT2D eigenvalue weighted by Gasteiger charge is 2.23. The summed E-state index contributed by atoms with van der Waals surface area (Å²) in [6.07, 6.45) is 0. The number of hydrogen-bond donors (Lipinski definition) is 2. The van der Waals surface area contributed by atoms with Crippen LogP contribution in [-0.4, -0.2) is 52.8 Å². The molecule has 0 aromatic carbocycles. The van der Waals surface area contributed by atoms with E-state index >= 15 is 0 Å². The summed E-state index contributed by atoms with van der Waals surface area (Å²) in [7, 11) is -2.27. The summed E-state index contributed by atoms with van der Waals surface area (Å²) in [6.45, 7) is -0.194. The van der Waals surface area contributed by atoms with Crippen LogP contribution in [0.25, 0.3) is 0 Å². The van der Waals surface area contributed by atoms with Crippen molar-refractivity contribution in [1.29, 1.82) is 0 Å². The van der Waals surface area contributed by atoms with Crippen molar-refractivity contribution in [3.63, 3.8) is 0 Å². The zero-order chi connectivity index (χ0) is 14.6. The molecule has 0 saturated heterocycles. The lowest BCUT2D eigenvalue weighted by Crippen LogP contribution is -2.38. The van der Waals surface area contributed by atoms with Crippen LogP contribution in [0.15, 0.2) is 21.7 Å². The summed E-state index contributed by atoms with van der Waals surface area (Å²) < 4.78 is 25.3. The second-order valence-corrected chi connectivity index (χ2v) is 7.02. The third-order valence-electron chi connectivity index (χ3n) is 2.36. The topological polar surface area (TPSA) is 121 Å². The number of carbonyl (C=O) groups excluding carboxylic acids is 1. The van der Waals surface area contributed by atoms with Crippen molar-refractivity contribution < 1.29 is 13.2 Å². The summed E-state index contributed by atoms with van der Waals surface area (Å²) >= 11 is 1.10. The van der Waals surface area contributed by atoms with Crippen molar-refractivity contribution in [3.05, 3.63) is 23.3 Å². The van der Waals surface area contributed by atoms with Gasteiger partial charge in [0.05, 0.1) is 13.1 Å². The van der Waals surface area contributed by atoms with Crippen LogP contribution in [0.3, 0.4) is 0 Å². The molecule has 2 rings (SSSR count). The zero-order valence-corrected chi connectivity index (χ0v) is 12.1. The monoisotopic (exact) mass is 316 g/mol. The number of tetrazole rings is 1. The standard InChI is InChI=1S/C9H12N6O3S2/c1-15(20(17,18)9-3-2-4-19-9)6-8(16)10-5-7-11-13-14-12-7/h2-4H,5-6H2,1H3,(H,10,16)(H,11,12,13,14). The average Bonchev–Trinajstić information content (AvgIpc) is 3.09. The first-order chi connectivity index (χ1) is 9.50. The molecule has 20 heavy (non-hydrogen) atoms. The number of likely N-dealkylation sites (N-methyl/N-ethyl adjacent to an activating group) is 1. The fourth-order valence-corrected chi connectivity index (χ4v) is 3.67. The highest BCUT2D eigenvalue weighted by atomic mass is 32.2. The normalized spacial score (nSPS) is 11.7. The SMILES string of the molecule is CN(CC(=O)NCc1nn[nH]n1)S(=O)(=O)c1cccs1. The van der Waals surface area contributed by atoms with E-state index in [1.807, 2.05) is 0 Å². The molecule has 2 aromatic heterocycles. The van der Waals surface area contributed by atoms with Crippen molar-refractivity contribution in [2.45, 2.75) is 10.8 Å². The van der Waals surface area contributed by atoms with Crippen LogP contribution in [0, 0.1) is 0 Å². The van der Waals surface area contributed by atoms with Gasteiger partial charge in [-0.15, -0.1) is 21.5 Å². The molecule has 0 aliphatic rings. The van der Waals surface area contributed by atoms with Crippen LogP contribution in [-0.2, 0) is 21.4 Å². The zero-order valence-electron chi connectivity index (χ0n) is 10.5. The average molecular weight is 316 g/mol. The van der Waals surface area contributed by atoms with Gasteiger partial charge in [-0.1, -0.05) is 11.3 Å². The summed E-state index contributed by atoms with van der Waals surface area (Å²) in [5.74, 6) is -0.125. The maximum Gasteiger partial charge on any atom is 0.252 e. The molecule has 2 heterocycles. The molecule has 0 radical (unpaired) electrons. The molecule has 0 aliphatic carbocycles. The number of hydrogen-bond acceptors (Lipinski definition) is 7. The van der Waals surface area contributed by atoms with Gasteiger partial charge < -0.3 is 5.32 Å². The first-order valence-corrected chi connectivity index (χ1v) is 7.81. The highest BCUT2D eigenvalue weighted by molar-refractivity contribution is 7.91. The Morgan fingerprint density at radius 1 is 1.55 bits per heavy atom. The fraction of sp³-hybridized carbons (Fsp3) is 0.333. The number of rotatable bonds is 6. The molecular formula is C9H12N6O3S2. The van der Waals surface area contributed by atoms with Gasteiger partial charge in [-0.05, 0) is 11.4 Å². The molecular weight excluding hydrogens is 304 g/mol. The second-order valence-electron chi connectivity index (χ2n) is 3.80. The lowest BCUT2D eigenvalue weighted by atomic mass is 10.5. The first kappa shape index (κ1) is 14.6. The highest BCUT2D eigenvalue weighted by Crippen LogP contribution is 2.19. The maximum absolute atomic E-state index is 12.1. The van der Waals surface area contributed by atoms with Gasteiger partial charge in [0.2, 0.25) is 5.91 Å². The van der Waals surface area contributed by atoms with E-state index in [1.165, 1.54) is 13.1 Å². The quantitative estimate of drug-likeness (QED) is 0.719.